The topological polar surface area (TPSA) is 68.4 Å². The maximum absolute atomic E-state index is 12.2. The van der Waals surface area contributed by atoms with Crippen molar-refractivity contribution in [3.05, 3.63) is 35.5 Å². The van der Waals surface area contributed by atoms with Gasteiger partial charge in [0.2, 0.25) is 11.8 Å². The van der Waals surface area contributed by atoms with Crippen LogP contribution in [0.4, 0.5) is 0 Å². The Labute approximate surface area is 147 Å². The fourth-order valence-corrected chi connectivity index (χ4v) is 3.96. The van der Waals surface area contributed by atoms with Crippen molar-refractivity contribution in [1.29, 1.82) is 0 Å². The zero-order valence-corrected chi connectivity index (χ0v) is 14.7. The van der Waals surface area contributed by atoms with Crippen LogP contribution in [0.3, 0.4) is 0 Å². The van der Waals surface area contributed by atoms with E-state index in [9.17, 15) is 9.59 Å². The van der Waals surface area contributed by atoms with Crippen LogP contribution in [0.25, 0.3) is 10.9 Å². The van der Waals surface area contributed by atoms with Gasteiger partial charge in [0.05, 0.1) is 12.0 Å². The summed E-state index contributed by atoms with van der Waals surface area (Å²) in [6.07, 6.45) is 0.345. The van der Waals surface area contributed by atoms with Gasteiger partial charge in [-0.1, -0.05) is 12.1 Å². The highest BCUT2D eigenvalue weighted by Crippen LogP contribution is 2.26. The van der Waals surface area contributed by atoms with E-state index >= 15 is 0 Å². The number of amides is 2. The smallest absolute Gasteiger partial charge is 0.225 e. The van der Waals surface area contributed by atoms with Gasteiger partial charge < -0.3 is 15.2 Å². The molecular formula is C19H24N4O2. The normalized spacial score (nSPS) is 21.8. The van der Waals surface area contributed by atoms with Crippen LogP contribution in [0.15, 0.2) is 24.3 Å². The van der Waals surface area contributed by atoms with E-state index in [-0.39, 0.29) is 23.8 Å². The number of aromatic amines is 1. The van der Waals surface area contributed by atoms with E-state index < -0.39 is 0 Å². The van der Waals surface area contributed by atoms with Crippen molar-refractivity contribution in [3.8, 4) is 0 Å². The first-order valence-electron chi connectivity index (χ1n) is 8.85. The van der Waals surface area contributed by atoms with Crippen LogP contribution in [-0.4, -0.2) is 59.3 Å². The molecule has 6 nitrogen and oxygen atoms in total. The van der Waals surface area contributed by atoms with Crippen molar-refractivity contribution in [1.82, 2.24) is 20.1 Å². The Bertz CT molecular complexity index is 822. The van der Waals surface area contributed by atoms with Crippen LogP contribution in [0.1, 0.15) is 17.7 Å². The zero-order valence-electron chi connectivity index (χ0n) is 14.7. The average Bonchev–Trinajstić information content (AvgIpc) is 3.12. The molecule has 4 rings (SSSR count). The standard InChI is InChI=1S/C19H24N4O2/c1-12-3-4-13-6-15(21-17(13)5-12)9-22-10-16(11-22)23-8-14(7-18(23)24)19(25)20-2/h3-6,14,16,21H,7-11H2,1-2H3,(H,20,25). The molecule has 2 fully saturated rings. The number of H-pyrrole nitrogens is 1. The first-order chi connectivity index (χ1) is 12.0. The summed E-state index contributed by atoms with van der Waals surface area (Å²) in [5.74, 6) is -0.108. The fraction of sp³-hybridized carbons (Fsp3) is 0.474. The molecule has 2 aliphatic heterocycles. The number of rotatable bonds is 4. The number of benzene rings is 1. The van der Waals surface area contributed by atoms with Crippen LogP contribution in [0.5, 0.6) is 0 Å². The van der Waals surface area contributed by atoms with E-state index in [0.717, 1.165) is 19.6 Å². The van der Waals surface area contributed by atoms with Gasteiger partial charge in [-0.15, -0.1) is 0 Å². The minimum atomic E-state index is -0.191. The number of hydrogen-bond acceptors (Lipinski definition) is 3. The molecule has 0 saturated carbocycles. The first kappa shape index (κ1) is 16.1. The molecule has 0 bridgehead atoms. The quantitative estimate of drug-likeness (QED) is 0.880. The third-order valence-corrected chi connectivity index (χ3v) is 5.38. The minimum absolute atomic E-state index is 0.0274. The molecule has 6 heteroatoms. The van der Waals surface area contributed by atoms with E-state index in [1.54, 1.807) is 7.05 Å². The monoisotopic (exact) mass is 340 g/mol. The number of nitrogens with zero attached hydrogens (tertiary/aromatic N) is 2. The van der Waals surface area contributed by atoms with Gasteiger partial charge in [-0.2, -0.15) is 0 Å². The number of hydrogen-bond donors (Lipinski definition) is 2. The van der Waals surface area contributed by atoms with Crippen LogP contribution in [0.2, 0.25) is 0 Å². The lowest BCUT2D eigenvalue weighted by molar-refractivity contribution is -0.133. The number of likely N-dealkylation sites (tertiary alicyclic amines) is 2. The third-order valence-electron chi connectivity index (χ3n) is 5.38. The molecule has 0 spiro atoms. The van der Waals surface area contributed by atoms with Gasteiger partial charge in [0.25, 0.3) is 0 Å². The average molecular weight is 340 g/mol. The van der Waals surface area contributed by atoms with Crippen LogP contribution in [-0.2, 0) is 16.1 Å². The molecule has 3 heterocycles. The van der Waals surface area contributed by atoms with Crippen LogP contribution in [0, 0.1) is 12.8 Å². The molecule has 132 valence electrons. The molecule has 2 N–H and O–H groups in total. The van der Waals surface area contributed by atoms with E-state index in [0.29, 0.717) is 13.0 Å². The number of carbonyl (C=O) groups excluding carboxylic acids is 2. The van der Waals surface area contributed by atoms with Gasteiger partial charge in [0, 0.05) is 50.9 Å². The lowest BCUT2D eigenvalue weighted by Crippen LogP contribution is -2.59. The largest absolute Gasteiger partial charge is 0.359 e. The van der Waals surface area contributed by atoms with E-state index in [2.05, 4.69) is 46.4 Å². The lowest BCUT2D eigenvalue weighted by atomic mass is 10.1. The predicted molar refractivity (Wildman–Crippen MR) is 96.0 cm³/mol. The second-order valence-electron chi connectivity index (χ2n) is 7.29. The summed E-state index contributed by atoms with van der Waals surface area (Å²) in [5, 5.41) is 3.89. The van der Waals surface area contributed by atoms with Gasteiger partial charge in [0.1, 0.15) is 0 Å². The Morgan fingerprint density at radius 3 is 2.84 bits per heavy atom. The van der Waals surface area contributed by atoms with Gasteiger partial charge >= 0.3 is 0 Å². The second kappa shape index (κ2) is 6.19. The maximum Gasteiger partial charge on any atom is 0.225 e. The Morgan fingerprint density at radius 2 is 2.08 bits per heavy atom. The number of fused-ring (bicyclic) bond motifs is 1. The van der Waals surface area contributed by atoms with Gasteiger partial charge in [-0.3, -0.25) is 14.5 Å². The summed E-state index contributed by atoms with van der Waals surface area (Å²) in [7, 11) is 1.63. The second-order valence-corrected chi connectivity index (χ2v) is 7.29. The van der Waals surface area contributed by atoms with Crippen LogP contribution >= 0.6 is 0 Å². The zero-order chi connectivity index (χ0) is 17.6. The molecule has 0 aliphatic carbocycles. The van der Waals surface area contributed by atoms with Gasteiger partial charge in [-0.05, 0) is 30.0 Å². The summed E-state index contributed by atoms with van der Waals surface area (Å²) in [6, 6.07) is 8.88. The number of nitrogens with one attached hydrogen (secondary N) is 2. The summed E-state index contributed by atoms with van der Waals surface area (Å²) >= 11 is 0. The number of aryl methyl sites for hydroxylation is 1. The molecule has 0 radical (unpaired) electrons. The fourth-order valence-electron chi connectivity index (χ4n) is 3.96. The Hall–Kier alpha value is -2.34. The lowest BCUT2D eigenvalue weighted by Gasteiger charge is -2.44. The van der Waals surface area contributed by atoms with Crippen molar-refractivity contribution in [2.24, 2.45) is 5.92 Å². The summed E-state index contributed by atoms with van der Waals surface area (Å²) < 4.78 is 0. The van der Waals surface area contributed by atoms with Crippen molar-refractivity contribution in [2.45, 2.75) is 25.9 Å². The molecule has 1 aromatic heterocycles. The molecule has 2 aromatic rings. The van der Waals surface area contributed by atoms with E-state index in [4.69, 9.17) is 0 Å². The van der Waals surface area contributed by atoms with Crippen LogP contribution < -0.4 is 5.32 Å². The molecule has 2 amide bonds. The van der Waals surface area contributed by atoms with Crippen molar-refractivity contribution in [3.63, 3.8) is 0 Å². The van der Waals surface area contributed by atoms with Crippen molar-refractivity contribution in [2.75, 3.05) is 26.7 Å². The van der Waals surface area contributed by atoms with Gasteiger partial charge in [0.15, 0.2) is 0 Å². The number of carbonyl (C=O) groups is 2. The Balaban J connectivity index is 1.34. The summed E-state index contributed by atoms with van der Waals surface area (Å²) in [6.45, 7) is 5.27. The molecule has 2 saturated heterocycles. The molecule has 2 aliphatic rings. The molecular weight excluding hydrogens is 316 g/mol. The van der Waals surface area contributed by atoms with E-state index in [1.165, 1.54) is 22.2 Å². The number of aromatic nitrogens is 1. The first-order valence-corrected chi connectivity index (χ1v) is 8.85. The highest BCUT2D eigenvalue weighted by Gasteiger charge is 2.41. The summed E-state index contributed by atoms with van der Waals surface area (Å²) in [4.78, 5) is 31.6. The third kappa shape index (κ3) is 3.02. The maximum atomic E-state index is 12.2. The minimum Gasteiger partial charge on any atom is -0.359 e. The Morgan fingerprint density at radius 1 is 1.28 bits per heavy atom. The van der Waals surface area contributed by atoms with E-state index in [1.807, 2.05) is 4.90 Å². The van der Waals surface area contributed by atoms with Gasteiger partial charge in [-0.25, -0.2) is 0 Å². The SMILES string of the molecule is CNC(=O)C1CC(=O)N(C2CN(Cc3cc4ccc(C)cc4[nH]3)C2)C1. The highest BCUT2D eigenvalue weighted by molar-refractivity contribution is 5.89. The molecule has 1 unspecified atom stereocenters. The molecule has 25 heavy (non-hydrogen) atoms. The Kier molecular flexibility index (Phi) is 4.00. The molecule has 1 atom stereocenters. The highest BCUT2D eigenvalue weighted by atomic mass is 16.2. The molecule has 1 aromatic carbocycles. The summed E-state index contributed by atoms with van der Waals surface area (Å²) in [5.41, 5.74) is 3.63. The van der Waals surface area contributed by atoms with Crippen molar-refractivity contribution < 1.29 is 9.59 Å². The predicted octanol–water partition coefficient (Wildman–Crippen LogP) is 1.26. The van der Waals surface area contributed by atoms with Crippen molar-refractivity contribution >= 4 is 22.7 Å².